The number of nitrogens with zero attached hydrogens (tertiary/aromatic N) is 1. The van der Waals surface area contributed by atoms with Gasteiger partial charge in [0.1, 0.15) is 5.21 Å². The summed E-state index contributed by atoms with van der Waals surface area (Å²) in [7, 11) is -3.55. The van der Waals surface area contributed by atoms with Gasteiger partial charge >= 0.3 is 0 Å². The normalized spacial score (nSPS) is 11.2. The predicted molar refractivity (Wildman–Crippen MR) is 48.1 cm³/mol. The topological polar surface area (TPSA) is 91.9 Å². The quantitative estimate of drug-likeness (QED) is 0.689. The first kappa shape index (κ1) is 10.0. The number of sulfonamides is 1. The van der Waals surface area contributed by atoms with Crippen LogP contribution < -0.4 is 10.3 Å². The zero-order chi connectivity index (χ0) is 9.90. The fourth-order valence-corrected chi connectivity index (χ4v) is 1.24. The first-order valence-electron chi connectivity index (χ1n) is 3.16. The van der Waals surface area contributed by atoms with Crippen molar-refractivity contribution in [2.45, 2.75) is 0 Å². The second-order valence-electron chi connectivity index (χ2n) is 2.13. The monoisotopic (exact) mass is 223 g/mol. The van der Waals surface area contributed by atoms with Crippen LogP contribution in [-0.4, -0.2) is 23.8 Å². The van der Waals surface area contributed by atoms with Gasteiger partial charge < -0.3 is 0 Å². The van der Waals surface area contributed by atoms with E-state index in [-0.39, 0.29) is 5.82 Å². The molecule has 0 aliphatic heterocycles. The average Bonchev–Trinajstić information content (AvgIpc) is 2.09. The summed E-state index contributed by atoms with van der Waals surface area (Å²) in [4.78, 5) is 10.5. The van der Waals surface area contributed by atoms with Crippen LogP contribution in [0.2, 0.25) is 0 Å². The molecular weight excluding hydrogens is 218 g/mol. The van der Waals surface area contributed by atoms with Crippen molar-refractivity contribution in [2.75, 3.05) is 9.93 Å². The van der Waals surface area contributed by atoms with Crippen LogP contribution in [0, 0.1) is 0 Å². The van der Waals surface area contributed by atoms with Crippen LogP contribution in [0.25, 0.3) is 0 Å². The Labute approximate surface area is 79.0 Å². The standard InChI is InChI=1S/C5H6ClN3O3S/c6-3-13(11,12)9-4-1-2-5(10)8-7-4/h1-2H,3H2,(H,7,9)(H,8,10). The van der Waals surface area contributed by atoms with Gasteiger partial charge in [-0.2, -0.15) is 5.10 Å². The smallest absolute Gasteiger partial charge is 0.264 e. The molecule has 13 heavy (non-hydrogen) atoms. The lowest BCUT2D eigenvalue weighted by atomic mass is 10.5. The van der Waals surface area contributed by atoms with Gasteiger partial charge in [-0.3, -0.25) is 9.52 Å². The van der Waals surface area contributed by atoms with Gasteiger partial charge in [-0.1, -0.05) is 0 Å². The Morgan fingerprint density at radius 2 is 2.23 bits per heavy atom. The molecule has 1 aromatic heterocycles. The maximum absolute atomic E-state index is 10.9. The molecule has 0 unspecified atom stereocenters. The van der Waals surface area contributed by atoms with Crippen molar-refractivity contribution in [3.8, 4) is 0 Å². The maximum Gasteiger partial charge on any atom is 0.264 e. The Morgan fingerprint density at radius 1 is 1.54 bits per heavy atom. The molecule has 1 aromatic rings. The van der Waals surface area contributed by atoms with Crippen LogP contribution in [-0.2, 0) is 10.0 Å². The highest BCUT2D eigenvalue weighted by Crippen LogP contribution is 2.01. The number of hydrogen-bond donors (Lipinski definition) is 2. The molecular formula is C5H6ClN3O3S. The summed E-state index contributed by atoms with van der Waals surface area (Å²) >= 11 is 5.12. The van der Waals surface area contributed by atoms with Crippen LogP contribution in [0.4, 0.5) is 5.82 Å². The highest BCUT2D eigenvalue weighted by Gasteiger charge is 2.08. The van der Waals surface area contributed by atoms with Crippen LogP contribution >= 0.6 is 11.6 Å². The molecule has 0 spiro atoms. The lowest BCUT2D eigenvalue weighted by molar-refractivity contribution is 0.605. The van der Waals surface area contributed by atoms with Crippen molar-refractivity contribution >= 4 is 27.4 Å². The van der Waals surface area contributed by atoms with Crippen molar-refractivity contribution < 1.29 is 8.42 Å². The summed E-state index contributed by atoms with van der Waals surface area (Å²) in [6.45, 7) is 0. The highest BCUT2D eigenvalue weighted by molar-refractivity contribution is 7.93. The Kier molecular flexibility index (Phi) is 2.89. The van der Waals surface area contributed by atoms with E-state index in [2.05, 4.69) is 14.9 Å². The minimum atomic E-state index is -3.55. The molecule has 1 heterocycles. The highest BCUT2D eigenvalue weighted by atomic mass is 35.5. The summed E-state index contributed by atoms with van der Waals surface area (Å²) in [5, 5.41) is 4.93. The molecule has 0 saturated heterocycles. The van der Waals surface area contributed by atoms with Gasteiger partial charge in [0.05, 0.1) is 0 Å². The van der Waals surface area contributed by atoms with Crippen molar-refractivity contribution in [1.29, 1.82) is 0 Å². The summed E-state index contributed by atoms with van der Waals surface area (Å²) in [6, 6.07) is 2.39. The van der Waals surface area contributed by atoms with Crippen molar-refractivity contribution in [1.82, 2.24) is 10.2 Å². The van der Waals surface area contributed by atoms with Gasteiger partial charge in [0.25, 0.3) is 5.56 Å². The van der Waals surface area contributed by atoms with Gasteiger partial charge in [-0.15, -0.1) is 11.6 Å². The van der Waals surface area contributed by atoms with Crippen molar-refractivity contribution in [3.63, 3.8) is 0 Å². The molecule has 0 aliphatic carbocycles. The number of nitrogens with one attached hydrogen (secondary N) is 2. The second kappa shape index (κ2) is 3.75. The van der Waals surface area contributed by atoms with Crippen molar-refractivity contribution in [2.24, 2.45) is 0 Å². The molecule has 6 nitrogen and oxygen atoms in total. The Balaban J connectivity index is 2.88. The van der Waals surface area contributed by atoms with E-state index in [1.54, 1.807) is 0 Å². The third-order valence-electron chi connectivity index (χ3n) is 1.08. The van der Waals surface area contributed by atoms with Gasteiger partial charge in [0.2, 0.25) is 10.0 Å². The summed E-state index contributed by atoms with van der Waals surface area (Å²) in [6.07, 6.45) is 0. The third kappa shape index (κ3) is 3.03. The zero-order valence-corrected chi connectivity index (χ0v) is 7.89. The summed E-state index contributed by atoms with van der Waals surface area (Å²) in [5.74, 6) is 0.0280. The first-order chi connectivity index (χ1) is 6.03. The lowest BCUT2D eigenvalue weighted by Crippen LogP contribution is -2.16. The molecule has 0 amide bonds. The average molecular weight is 224 g/mol. The number of halogens is 1. The molecule has 0 saturated carbocycles. The fraction of sp³-hybridized carbons (Fsp3) is 0.200. The minimum absolute atomic E-state index is 0.0280. The third-order valence-corrected chi connectivity index (χ3v) is 2.75. The van der Waals surface area contributed by atoms with E-state index in [1.807, 2.05) is 0 Å². The van der Waals surface area contributed by atoms with Crippen molar-refractivity contribution in [3.05, 3.63) is 22.5 Å². The number of H-pyrrole nitrogens is 1. The molecule has 0 fully saturated rings. The number of rotatable bonds is 3. The van der Waals surface area contributed by atoms with E-state index < -0.39 is 20.8 Å². The second-order valence-corrected chi connectivity index (χ2v) is 4.44. The number of aromatic amines is 1. The summed E-state index contributed by atoms with van der Waals surface area (Å²) in [5.41, 5.74) is -0.408. The number of hydrogen-bond acceptors (Lipinski definition) is 4. The van der Waals surface area contributed by atoms with Crippen LogP contribution in [0.5, 0.6) is 0 Å². The predicted octanol–water partition coefficient (Wildman–Crippen LogP) is -0.292. The van der Waals surface area contributed by atoms with E-state index in [0.717, 1.165) is 6.07 Å². The SMILES string of the molecule is O=c1ccc(NS(=O)(=O)CCl)n[nH]1. The largest absolute Gasteiger partial charge is 0.268 e. The molecule has 8 heteroatoms. The number of aromatic nitrogens is 2. The van der Waals surface area contributed by atoms with Gasteiger partial charge in [-0.25, -0.2) is 13.5 Å². The molecule has 72 valence electrons. The maximum atomic E-state index is 10.9. The number of alkyl halides is 1. The molecule has 0 aliphatic rings. The van der Waals surface area contributed by atoms with E-state index in [1.165, 1.54) is 6.07 Å². The number of anilines is 1. The van der Waals surface area contributed by atoms with Crippen LogP contribution in [0.3, 0.4) is 0 Å². The van der Waals surface area contributed by atoms with Crippen LogP contribution in [0.1, 0.15) is 0 Å². The van der Waals surface area contributed by atoms with E-state index in [4.69, 9.17) is 11.6 Å². The Hall–Kier alpha value is -1.08. The van der Waals surface area contributed by atoms with Gasteiger partial charge in [-0.05, 0) is 6.07 Å². The molecule has 0 atom stereocenters. The lowest BCUT2D eigenvalue weighted by Gasteiger charge is -2.01. The Morgan fingerprint density at radius 3 is 2.69 bits per heavy atom. The van der Waals surface area contributed by atoms with E-state index in [9.17, 15) is 13.2 Å². The molecule has 0 radical (unpaired) electrons. The molecule has 2 N–H and O–H groups in total. The summed E-state index contributed by atoms with van der Waals surface area (Å²) < 4.78 is 23.8. The van der Waals surface area contributed by atoms with Gasteiger partial charge in [0.15, 0.2) is 5.82 Å². The molecule has 0 aromatic carbocycles. The van der Waals surface area contributed by atoms with E-state index in [0.29, 0.717) is 0 Å². The zero-order valence-electron chi connectivity index (χ0n) is 6.32. The molecule has 0 bridgehead atoms. The fourth-order valence-electron chi connectivity index (χ4n) is 0.588. The minimum Gasteiger partial charge on any atom is -0.268 e. The first-order valence-corrected chi connectivity index (χ1v) is 5.34. The molecule has 1 rings (SSSR count). The Bertz CT molecular complexity index is 420. The van der Waals surface area contributed by atoms with E-state index >= 15 is 0 Å². The van der Waals surface area contributed by atoms with Crippen LogP contribution in [0.15, 0.2) is 16.9 Å². The van der Waals surface area contributed by atoms with Gasteiger partial charge in [0, 0.05) is 6.07 Å².